The summed E-state index contributed by atoms with van der Waals surface area (Å²) in [6, 6.07) is 7.37. The first-order valence-electron chi connectivity index (χ1n) is 9.05. The smallest absolute Gasteiger partial charge is 0.254 e. The topological polar surface area (TPSA) is 69.7 Å². The Kier molecular flexibility index (Phi) is 5.40. The number of amides is 3. The maximum absolute atomic E-state index is 13.1. The highest BCUT2D eigenvalue weighted by Gasteiger charge is 2.39. The van der Waals surface area contributed by atoms with Gasteiger partial charge in [0.05, 0.1) is 0 Å². The number of likely N-dealkylation sites (N-methyl/N-ethyl adjacent to an activating group) is 1. The van der Waals surface area contributed by atoms with Gasteiger partial charge in [-0.25, -0.2) is 0 Å². The molecule has 1 aromatic carbocycles. The van der Waals surface area contributed by atoms with Gasteiger partial charge in [0.25, 0.3) is 5.91 Å². The first kappa shape index (κ1) is 18.2. The van der Waals surface area contributed by atoms with E-state index < -0.39 is 0 Å². The van der Waals surface area contributed by atoms with Gasteiger partial charge >= 0.3 is 0 Å². The van der Waals surface area contributed by atoms with Crippen molar-refractivity contribution >= 4 is 17.7 Å². The SMILES string of the molecule is C=CC(=O)NCc1ccc(C(=O)N2C3CCCC2CN(C)C(=O)C3)cc1. The largest absolute Gasteiger partial charge is 0.348 e. The van der Waals surface area contributed by atoms with Crippen LogP contribution in [0, 0.1) is 0 Å². The third kappa shape index (κ3) is 3.79. The molecule has 2 saturated heterocycles. The Hall–Kier alpha value is -2.63. The minimum atomic E-state index is -0.226. The molecule has 2 aliphatic heterocycles. The number of fused-ring (bicyclic) bond motifs is 2. The van der Waals surface area contributed by atoms with Crippen LogP contribution < -0.4 is 5.32 Å². The maximum Gasteiger partial charge on any atom is 0.254 e. The second kappa shape index (κ2) is 7.72. The Morgan fingerprint density at radius 3 is 2.62 bits per heavy atom. The quantitative estimate of drug-likeness (QED) is 0.836. The van der Waals surface area contributed by atoms with Crippen LogP contribution >= 0.6 is 0 Å². The normalized spacial score (nSPS) is 22.6. The predicted molar refractivity (Wildman–Crippen MR) is 98.3 cm³/mol. The van der Waals surface area contributed by atoms with Crippen LogP contribution in [-0.4, -0.2) is 53.2 Å². The van der Waals surface area contributed by atoms with Gasteiger partial charge in [-0.05, 0) is 43.0 Å². The molecule has 2 atom stereocenters. The number of rotatable bonds is 4. The van der Waals surface area contributed by atoms with Gasteiger partial charge in [0.15, 0.2) is 0 Å². The summed E-state index contributed by atoms with van der Waals surface area (Å²) in [6.45, 7) is 4.42. The van der Waals surface area contributed by atoms with Crippen LogP contribution in [0.15, 0.2) is 36.9 Å². The molecule has 3 amide bonds. The number of carbonyl (C=O) groups is 3. The number of hydrogen-bond acceptors (Lipinski definition) is 3. The monoisotopic (exact) mass is 355 g/mol. The van der Waals surface area contributed by atoms with Crippen LogP contribution in [0.2, 0.25) is 0 Å². The molecular weight excluding hydrogens is 330 g/mol. The zero-order chi connectivity index (χ0) is 18.7. The van der Waals surface area contributed by atoms with Gasteiger partial charge in [-0.3, -0.25) is 14.4 Å². The Bertz CT molecular complexity index is 714. The number of benzene rings is 1. The number of nitrogens with zero attached hydrogens (tertiary/aromatic N) is 2. The van der Waals surface area contributed by atoms with Gasteiger partial charge in [-0.2, -0.15) is 0 Å². The molecule has 2 bridgehead atoms. The molecule has 1 N–H and O–H groups in total. The molecular formula is C20H25N3O3. The average molecular weight is 355 g/mol. The lowest BCUT2D eigenvalue weighted by Crippen LogP contribution is -2.51. The Labute approximate surface area is 153 Å². The molecule has 0 radical (unpaired) electrons. The van der Waals surface area contributed by atoms with Gasteiger partial charge in [0.2, 0.25) is 11.8 Å². The molecule has 1 aromatic rings. The standard InChI is InChI=1S/C20H25N3O3/c1-3-18(24)21-12-14-7-9-15(10-8-14)20(26)23-16-5-4-6-17(23)13-22(2)19(25)11-16/h3,7-10,16-17H,1,4-6,11-13H2,2H3,(H,21,24). The fourth-order valence-corrected chi connectivity index (χ4v) is 3.83. The molecule has 26 heavy (non-hydrogen) atoms. The van der Waals surface area contributed by atoms with E-state index in [1.165, 1.54) is 6.08 Å². The van der Waals surface area contributed by atoms with Crippen molar-refractivity contribution in [1.29, 1.82) is 0 Å². The van der Waals surface area contributed by atoms with E-state index in [-0.39, 0.29) is 29.8 Å². The molecule has 0 aliphatic carbocycles. The lowest BCUT2D eigenvalue weighted by Gasteiger charge is -2.40. The van der Waals surface area contributed by atoms with E-state index in [2.05, 4.69) is 11.9 Å². The zero-order valence-electron chi connectivity index (χ0n) is 15.1. The molecule has 138 valence electrons. The zero-order valence-corrected chi connectivity index (χ0v) is 15.1. The number of nitrogens with one attached hydrogen (secondary N) is 1. The molecule has 0 aromatic heterocycles. The number of piperidine rings is 1. The highest BCUT2D eigenvalue weighted by atomic mass is 16.2. The molecule has 2 heterocycles. The summed E-state index contributed by atoms with van der Waals surface area (Å²) in [5.41, 5.74) is 1.54. The van der Waals surface area contributed by atoms with Crippen molar-refractivity contribution in [3.05, 3.63) is 48.0 Å². The van der Waals surface area contributed by atoms with Gasteiger partial charge in [0.1, 0.15) is 0 Å². The van der Waals surface area contributed by atoms with Crippen molar-refractivity contribution in [2.75, 3.05) is 13.6 Å². The lowest BCUT2D eigenvalue weighted by atomic mass is 9.93. The van der Waals surface area contributed by atoms with Gasteiger partial charge in [-0.15, -0.1) is 0 Å². The summed E-state index contributed by atoms with van der Waals surface area (Å²) < 4.78 is 0. The van der Waals surface area contributed by atoms with E-state index in [0.717, 1.165) is 24.8 Å². The Morgan fingerprint density at radius 2 is 1.92 bits per heavy atom. The van der Waals surface area contributed by atoms with Crippen LogP contribution in [0.25, 0.3) is 0 Å². The van der Waals surface area contributed by atoms with Crippen molar-refractivity contribution in [2.24, 2.45) is 0 Å². The van der Waals surface area contributed by atoms with Crippen molar-refractivity contribution in [2.45, 2.75) is 44.3 Å². The van der Waals surface area contributed by atoms with Crippen molar-refractivity contribution in [3.63, 3.8) is 0 Å². The van der Waals surface area contributed by atoms with Gasteiger partial charge in [0, 0.05) is 44.2 Å². The van der Waals surface area contributed by atoms with Crippen LogP contribution in [0.1, 0.15) is 41.6 Å². The van der Waals surface area contributed by atoms with Crippen molar-refractivity contribution in [3.8, 4) is 0 Å². The summed E-state index contributed by atoms with van der Waals surface area (Å²) in [5, 5.41) is 2.72. The van der Waals surface area contributed by atoms with Gasteiger partial charge < -0.3 is 15.1 Å². The first-order valence-corrected chi connectivity index (χ1v) is 9.05. The van der Waals surface area contributed by atoms with Crippen molar-refractivity contribution < 1.29 is 14.4 Å². The molecule has 6 nitrogen and oxygen atoms in total. The summed E-state index contributed by atoms with van der Waals surface area (Å²) in [4.78, 5) is 40.2. The Morgan fingerprint density at radius 1 is 1.23 bits per heavy atom. The minimum absolute atomic E-state index is 0.00902. The maximum atomic E-state index is 13.1. The minimum Gasteiger partial charge on any atom is -0.348 e. The van der Waals surface area contributed by atoms with E-state index in [0.29, 0.717) is 25.1 Å². The lowest BCUT2D eigenvalue weighted by molar-refractivity contribution is -0.129. The molecule has 2 fully saturated rings. The fraction of sp³-hybridized carbons (Fsp3) is 0.450. The molecule has 2 aliphatic rings. The van der Waals surface area contributed by atoms with E-state index in [1.807, 2.05) is 24.1 Å². The summed E-state index contributed by atoms with van der Waals surface area (Å²) >= 11 is 0. The second-order valence-corrected chi connectivity index (χ2v) is 7.05. The number of hydrogen-bond donors (Lipinski definition) is 1. The fourth-order valence-electron chi connectivity index (χ4n) is 3.83. The third-order valence-electron chi connectivity index (χ3n) is 5.27. The Balaban J connectivity index is 1.74. The van der Waals surface area contributed by atoms with E-state index in [1.54, 1.807) is 17.0 Å². The molecule has 0 saturated carbocycles. The van der Waals surface area contributed by atoms with Crippen LogP contribution in [0.5, 0.6) is 0 Å². The summed E-state index contributed by atoms with van der Waals surface area (Å²) in [5.74, 6) is -0.119. The van der Waals surface area contributed by atoms with E-state index in [9.17, 15) is 14.4 Å². The molecule has 3 rings (SSSR count). The molecule has 2 unspecified atom stereocenters. The van der Waals surface area contributed by atoms with Crippen LogP contribution in [-0.2, 0) is 16.1 Å². The van der Waals surface area contributed by atoms with Gasteiger partial charge in [-0.1, -0.05) is 18.7 Å². The van der Waals surface area contributed by atoms with Crippen LogP contribution in [0.4, 0.5) is 0 Å². The second-order valence-electron chi connectivity index (χ2n) is 7.05. The van der Waals surface area contributed by atoms with E-state index >= 15 is 0 Å². The highest BCUT2D eigenvalue weighted by Crippen LogP contribution is 2.30. The number of carbonyl (C=O) groups excluding carboxylic acids is 3. The third-order valence-corrected chi connectivity index (χ3v) is 5.27. The predicted octanol–water partition coefficient (Wildman–Crippen LogP) is 1.71. The molecule has 0 spiro atoms. The van der Waals surface area contributed by atoms with Crippen molar-refractivity contribution in [1.82, 2.24) is 15.1 Å². The first-order chi connectivity index (χ1) is 12.5. The molecule has 6 heteroatoms. The van der Waals surface area contributed by atoms with E-state index in [4.69, 9.17) is 0 Å². The van der Waals surface area contributed by atoms with Crippen LogP contribution in [0.3, 0.4) is 0 Å². The average Bonchev–Trinajstić information content (AvgIpc) is 2.71. The summed E-state index contributed by atoms with van der Waals surface area (Å²) in [7, 11) is 1.82. The highest BCUT2D eigenvalue weighted by molar-refractivity contribution is 5.95. The summed E-state index contributed by atoms with van der Waals surface area (Å²) in [6.07, 6.45) is 4.51.